The summed E-state index contributed by atoms with van der Waals surface area (Å²) in [5.74, 6) is -1.15. The molecule has 3 aromatic carbocycles. The minimum absolute atomic E-state index is 0.0617. The standard InChI is InChI=1S/C30H27NO7/c1-2-25(30(34)35)38-28-17-20(11-14-23-15-13-21-7-3-5-9-24(21)31-23)12-16-27(28)36-18-22-8-4-6-10-26(22)37-19-29(32)33/h3-17,25H,2,18-19H2,1H3,(H,32,33)(H,34,35)/b14-11+. The summed E-state index contributed by atoms with van der Waals surface area (Å²) >= 11 is 0. The van der Waals surface area contributed by atoms with E-state index in [4.69, 9.17) is 19.3 Å². The number of carbonyl (C=O) groups is 2. The molecule has 1 aromatic heterocycles. The summed E-state index contributed by atoms with van der Waals surface area (Å²) in [7, 11) is 0. The van der Waals surface area contributed by atoms with Crippen LogP contribution >= 0.6 is 0 Å². The van der Waals surface area contributed by atoms with Gasteiger partial charge >= 0.3 is 11.9 Å². The summed E-state index contributed by atoms with van der Waals surface area (Å²) in [6.45, 7) is 1.31. The zero-order chi connectivity index (χ0) is 26.9. The van der Waals surface area contributed by atoms with Gasteiger partial charge in [0.1, 0.15) is 12.4 Å². The van der Waals surface area contributed by atoms with Crippen LogP contribution in [0.15, 0.2) is 78.9 Å². The maximum Gasteiger partial charge on any atom is 0.344 e. The second kappa shape index (κ2) is 12.4. The average molecular weight is 514 g/mol. The lowest BCUT2D eigenvalue weighted by Crippen LogP contribution is -2.26. The quantitative estimate of drug-likeness (QED) is 0.248. The Morgan fingerprint density at radius 3 is 2.45 bits per heavy atom. The summed E-state index contributed by atoms with van der Waals surface area (Å²) in [6, 6.07) is 24.0. The Kier molecular flexibility index (Phi) is 8.56. The number of aromatic nitrogens is 1. The fraction of sp³-hybridized carbons (Fsp3) is 0.167. The Bertz CT molecular complexity index is 1460. The fourth-order valence-electron chi connectivity index (χ4n) is 3.72. The Balaban J connectivity index is 1.57. The van der Waals surface area contributed by atoms with E-state index in [1.807, 2.05) is 54.6 Å². The van der Waals surface area contributed by atoms with E-state index in [2.05, 4.69) is 4.98 Å². The first-order chi connectivity index (χ1) is 18.4. The second-order valence-electron chi connectivity index (χ2n) is 8.40. The highest BCUT2D eigenvalue weighted by Gasteiger charge is 2.20. The van der Waals surface area contributed by atoms with Gasteiger partial charge in [-0.1, -0.05) is 61.5 Å². The Morgan fingerprint density at radius 2 is 1.66 bits per heavy atom. The minimum Gasteiger partial charge on any atom is -0.485 e. The SMILES string of the molecule is CCC(Oc1cc(/C=C/c2ccc3ccccc3n2)ccc1OCc1ccccc1OCC(=O)O)C(=O)O. The van der Waals surface area contributed by atoms with Crippen molar-refractivity contribution in [1.82, 2.24) is 4.98 Å². The average Bonchev–Trinajstić information content (AvgIpc) is 2.93. The van der Waals surface area contributed by atoms with Crippen molar-refractivity contribution in [1.29, 1.82) is 0 Å². The van der Waals surface area contributed by atoms with Gasteiger partial charge < -0.3 is 24.4 Å². The number of ether oxygens (including phenoxy) is 3. The number of hydrogen-bond donors (Lipinski definition) is 2. The molecule has 0 aliphatic rings. The Labute approximate surface area is 219 Å². The number of pyridine rings is 1. The third-order valence-corrected chi connectivity index (χ3v) is 5.66. The third kappa shape index (κ3) is 6.88. The van der Waals surface area contributed by atoms with Crippen LogP contribution in [0.1, 0.15) is 30.2 Å². The molecule has 0 fully saturated rings. The Morgan fingerprint density at radius 1 is 0.868 bits per heavy atom. The summed E-state index contributed by atoms with van der Waals surface area (Å²) in [5.41, 5.74) is 3.08. The maximum absolute atomic E-state index is 11.6. The van der Waals surface area contributed by atoms with Gasteiger partial charge in [0.2, 0.25) is 0 Å². The molecule has 1 atom stereocenters. The lowest BCUT2D eigenvalue weighted by atomic mass is 10.1. The predicted molar refractivity (Wildman–Crippen MR) is 143 cm³/mol. The summed E-state index contributed by atoms with van der Waals surface area (Å²) in [5, 5.41) is 19.5. The molecule has 194 valence electrons. The molecular formula is C30H27NO7. The van der Waals surface area contributed by atoms with Crippen LogP contribution in [0.3, 0.4) is 0 Å². The highest BCUT2D eigenvalue weighted by molar-refractivity contribution is 5.81. The molecule has 0 bridgehead atoms. The van der Waals surface area contributed by atoms with Crippen molar-refractivity contribution in [3.05, 3.63) is 95.7 Å². The normalized spacial score (nSPS) is 11.8. The molecule has 2 N–H and O–H groups in total. The number of aliphatic carboxylic acids is 2. The van der Waals surface area contributed by atoms with Gasteiger partial charge in [-0.15, -0.1) is 0 Å². The number of nitrogens with zero attached hydrogens (tertiary/aromatic N) is 1. The van der Waals surface area contributed by atoms with E-state index in [0.29, 0.717) is 17.1 Å². The number of hydrogen-bond acceptors (Lipinski definition) is 6. The van der Waals surface area contributed by atoms with Gasteiger partial charge in [0.25, 0.3) is 0 Å². The van der Waals surface area contributed by atoms with Gasteiger partial charge in [-0.05, 0) is 48.4 Å². The zero-order valence-corrected chi connectivity index (χ0v) is 20.7. The number of carboxylic acid groups (broad SMARTS) is 2. The number of fused-ring (bicyclic) bond motifs is 1. The smallest absolute Gasteiger partial charge is 0.344 e. The number of para-hydroxylation sites is 2. The van der Waals surface area contributed by atoms with Crippen molar-refractivity contribution in [2.75, 3.05) is 6.61 Å². The van der Waals surface area contributed by atoms with E-state index in [1.54, 1.807) is 43.3 Å². The van der Waals surface area contributed by atoms with Crippen molar-refractivity contribution in [2.45, 2.75) is 26.1 Å². The minimum atomic E-state index is -1.08. The summed E-state index contributed by atoms with van der Waals surface area (Å²) in [4.78, 5) is 27.2. The van der Waals surface area contributed by atoms with Gasteiger partial charge in [-0.2, -0.15) is 0 Å². The van der Waals surface area contributed by atoms with Crippen LogP contribution in [0.5, 0.6) is 17.2 Å². The predicted octanol–water partition coefficient (Wildman–Crippen LogP) is 5.69. The molecular weight excluding hydrogens is 486 g/mol. The van der Waals surface area contributed by atoms with Crippen molar-refractivity contribution in [3.8, 4) is 17.2 Å². The maximum atomic E-state index is 11.6. The van der Waals surface area contributed by atoms with Crippen LogP contribution in [0, 0.1) is 0 Å². The van der Waals surface area contributed by atoms with Gasteiger partial charge in [-0.25, -0.2) is 14.6 Å². The second-order valence-corrected chi connectivity index (χ2v) is 8.40. The number of benzene rings is 3. The molecule has 0 radical (unpaired) electrons. The monoisotopic (exact) mass is 513 g/mol. The molecule has 1 unspecified atom stereocenters. The van der Waals surface area contributed by atoms with E-state index in [-0.39, 0.29) is 18.8 Å². The van der Waals surface area contributed by atoms with Crippen LogP contribution in [0.2, 0.25) is 0 Å². The van der Waals surface area contributed by atoms with Gasteiger partial charge in [0.15, 0.2) is 24.2 Å². The van der Waals surface area contributed by atoms with Crippen LogP contribution < -0.4 is 14.2 Å². The van der Waals surface area contributed by atoms with E-state index >= 15 is 0 Å². The van der Waals surface area contributed by atoms with Crippen molar-refractivity contribution in [2.24, 2.45) is 0 Å². The molecule has 0 spiro atoms. The third-order valence-electron chi connectivity index (χ3n) is 5.66. The molecule has 0 aliphatic heterocycles. The van der Waals surface area contributed by atoms with Gasteiger partial charge in [0.05, 0.1) is 11.2 Å². The van der Waals surface area contributed by atoms with Crippen LogP contribution in [-0.4, -0.2) is 39.8 Å². The molecule has 0 saturated carbocycles. The number of carboxylic acids is 2. The fourth-order valence-corrected chi connectivity index (χ4v) is 3.72. The van der Waals surface area contributed by atoms with Crippen LogP contribution in [-0.2, 0) is 16.2 Å². The van der Waals surface area contributed by atoms with E-state index in [9.17, 15) is 14.7 Å². The van der Waals surface area contributed by atoms with E-state index in [1.165, 1.54) is 0 Å². The molecule has 38 heavy (non-hydrogen) atoms. The van der Waals surface area contributed by atoms with Crippen molar-refractivity contribution in [3.63, 3.8) is 0 Å². The van der Waals surface area contributed by atoms with Gasteiger partial charge in [0, 0.05) is 10.9 Å². The lowest BCUT2D eigenvalue weighted by Gasteiger charge is -2.18. The zero-order valence-electron chi connectivity index (χ0n) is 20.7. The molecule has 8 nitrogen and oxygen atoms in total. The molecule has 1 heterocycles. The molecule has 0 amide bonds. The molecule has 0 aliphatic carbocycles. The topological polar surface area (TPSA) is 115 Å². The summed E-state index contributed by atoms with van der Waals surface area (Å²) in [6.07, 6.45) is 2.95. The van der Waals surface area contributed by atoms with Crippen molar-refractivity contribution >= 4 is 35.0 Å². The molecule has 0 saturated heterocycles. The molecule has 4 rings (SSSR count). The van der Waals surface area contributed by atoms with Crippen molar-refractivity contribution < 1.29 is 34.0 Å². The highest BCUT2D eigenvalue weighted by Crippen LogP contribution is 2.32. The van der Waals surface area contributed by atoms with Crippen LogP contribution in [0.4, 0.5) is 0 Å². The first-order valence-corrected chi connectivity index (χ1v) is 12.1. The Hall–Kier alpha value is -4.85. The first kappa shape index (κ1) is 26.2. The van der Waals surface area contributed by atoms with Crippen LogP contribution in [0.25, 0.3) is 23.1 Å². The molecule has 8 heteroatoms. The van der Waals surface area contributed by atoms with E-state index < -0.39 is 24.6 Å². The van der Waals surface area contributed by atoms with Gasteiger partial charge in [-0.3, -0.25) is 0 Å². The number of rotatable bonds is 12. The summed E-state index contributed by atoms with van der Waals surface area (Å²) < 4.78 is 17.1. The first-order valence-electron chi connectivity index (χ1n) is 12.1. The molecule has 4 aromatic rings. The largest absolute Gasteiger partial charge is 0.485 e. The lowest BCUT2D eigenvalue weighted by molar-refractivity contribution is -0.145. The highest BCUT2D eigenvalue weighted by atomic mass is 16.5. The van der Waals surface area contributed by atoms with E-state index in [0.717, 1.165) is 22.2 Å².